The number of halogens is 2. The van der Waals surface area contributed by atoms with Gasteiger partial charge in [0.2, 0.25) is 0 Å². The van der Waals surface area contributed by atoms with Gasteiger partial charge in [0, 0.05) is 18.0 Å². The molecule has 0 amide bonds. The molecule has 2 aromatic heterocycles. The van der Waals surface area contributed by atoms with Crippen molar-refractivity contribution < 1.29 is 4.39 Å². The lowest BCUT2D eigenvalue weighted by Crippen LogP contribution is -2.07. The van der Waals surface area contributed by atoms with Crippen molar-refractivity contribution in [1.82, 2.24) is 14.5 Å². The van der Waals surface area contributed by atoms with E-state index in [-0.39, 0.29) is 5.82 Å². The summed E-state index contributed by atoms with van der Waals surface area (Å²) in [5, 5.41) is 0. The summed E-state index contributed by atoms with van der Waals surface area (Å²) in [7, 11) is 0. The molecule has 3 aromatic rings. The summed E-state index contributed by atoms with van der Waals surface area (Å²) in [6.45, 7) is 2.56. The predicted octanol–water partition coefficient (Wildman–Crippen LogP) is 3.71. The topological polar surface area (TPSA) is 30.7 Å². The van der Waals surface area contributed by atoms with Crippen LogP contribution in [0.1, 0.15) is 17.1 Å². The van der Waals surface area contributed by atoms with Gasteiger partial charge in [-0.3, -0.25) is 0 Å². The zero-order valence-corrected chi connectivity index (χ0v) is 12.4. The third-order valence-electron chi connectivity index (χ3n) is 3.38. The van der Waals surface area contributed by atoms with Crippen LogP contribution in [-0.4, -0.2) is 20.4 Å². The largest absolute Gasteiger partial charge is 0.308 e. The third kappa shape index (κ3) is 2.90. The second kappa shape index (κ2) is 5.82. The minimum atomic E-state index is -0.232. The zero-order valence-electron chi connectivity index (χ0n) is 11.7. The first-order valence-electron chi connectivity index (χ1n) is 6.80. The number of alkyl halides is 1. The van der Waals surface area contributed by atoms with E-state index in [0.29, 0.717) is 18.8 Å². The van der Waals surface area contributed by atoms with Gasteiger partial charge in [0.25, 0.3) is 0 Å². The number of hydrogen-bond acceptors (Lipinski definition) is 2. The number of hydrogen-bond donors (Lipinski definition) is 0. The molecule has 0 radical (unpaired) electrons. The van der Waals surface area contributed by atoms with Crippen LogP contribution in [0.3, 0.4) is 0 Å². The number of aryl methyl sites for hydroxylation is 2. The van der Waals surface area contributed by atoms with Crippen LogP contribution >= 0.6 is 11.6 Å². The number of benzene rings is 1. The molecule has 0 aliphatic carbocycles. The normalized spacial score (nSPS) is 11.2. The maximum Gasteiger partial charge on any atom is 0.160 e. The van der Waals surface area contributed by atoms with E-state index in [1.165, 1.54) is 12.1 Å². The third-order valence-corrected chi connectivity index (χ3v) is 3.57. The second-order valence-corrected chi connectivity index (χ2v) is 5.35. The highest BCUT2D eigenvalue weighted by molar-refractivity contribution is 6.17. The van der Waals surface area contributed by atoms with Crippen molar-refractivity contribution in [3.05, 3.63) is 59.3 Å². The van der Waals surface area contributed by atoms with E-state index in [0.717, 1.165) is 28.2 Å². The molecule has 0 fully saturated rings. The van der Waals surface area contributed by atoms with Crippen molar-refractivity contribution in [1.29, 1.82) is 0 Å². The van der Waals surface area contributed by atoms with Crippen LogP contribution in [0.4, 0.5) is 4.39 Å². The number of imidazole rings is 1. The maximum absolute atomic E-state index is 13.0. The van der Waals surface area contributed by atoms with E-state index < -0.39 is 0 Å². The molecule has 21 heavy (non-hydrogen) atoms. The number of rotatable bonds is 4. The van der Waals surface area contributed by atoms with Gasteiger partial charge in [-0.1, -0.05) is 12.1 Å². The molecule has 108 valence electrons. The number of aromatic nitrogens is 3. The smallest absolute Gasteiger partial charge is 0.160 e. The van der Waals surface area contributed by atoms with Crippen LogP contribution in [0.25, 0.3) is 11.2 Å². The fourth-order valence-corrected chi connectivity index (χ4v) is 2.53. The Morgan fingerprint density at radius 1 is 1.10 bits per heavy atom. The number of nitrogens with zero attached hydrogens (tertiary/aromatic N) is 3. The van der Waals surface area contributed by atoms with E-state index in [4.69, 9.17) is 11.6 Å². The lowest BCUT2D eigenvalue weighted by molar-refractivity contribution is 0.626. The van der Waals surface area contributed by atoms with Crippen LogP contribution < -0.4 is 0 Å². The van der Waals surface area contributed by atoms with E-state index in [1.807, 2.05) is 19.1 Å². The molecule has 2 heterocycles. The number of pyridine rings is 1. The first-order chi connectivity index (χ1) is 10.2. The molecule has 1 aromatic carbocycles. The Bertz CT molecular complexity index is 765. The molecule has 0 N–H and O–H groups in total. The van der Waals surface area contributed by atoms with Gasteiger partial charge in [-0.25, -0.2) is 14.4 Å². The predicted molar refractivity (Wildman–Crippen MR) is 82.2 cm³/mol. The van der Waals surface area contributed by atoms with E-state index in [2.05, 4.69) is 14.5 Å². The summed E-state index contributed by atoms with van der Waals surface area (Å²) in [5.41, 5.74) is 3.66. The molecule has 0 atom stereocenters. The van der Waals surface area contributed by atoms with Gasteiger partial charge in [-0.05, 0) is 36.8 Å². The van der Waals surface area contributed by atoms with Crippen molar-refractivity contribution in [2.45, 2.75) is 19.9 Å². The zero-order chi connectivity index (χ0) is 14.8. The van der Waals surface area contributed by atoms with Crippen LogP contribution in [-0.2, 0) is 13.0 Å². The standard InChI is InChI=1S/C16H15ClFN3/c1-11-2-7-14-16(19-11)21(15(20-14)8-9-17)10-12-3-5-13(18)6-4-12/h2-7H,8-10H2,1H3. The summed E-state index contributed by atoms with van der Waals surface area (Å²) < 4.78 is 15.1. The highest BCUT2D eigenvalue weighted by Gasteiger charge is 2.12. The Morgan fingerprint density at radius 2 is 1.86 bits per heavy atom. The molecule has 5 heteroatoms. The fourth-order valence-electron chi connectivity index (χ4n) is 2.36. The Hall–Kier alpha value is -1.94. The van der Waals surface area contributed by atoms with Gasteiger partial charge in [0.1, 0.15) is 17.2 Å². The minimum Gasteiger partial charge on any atom is -0.308 e. The van der Waals surface area contributed by atoms with Gasteiger partial charge < -0.3 is 4.57 Å². The average Bonchev–Trinajstić information content (AvgIpc) is 2.79. The first kappa shape index (κ1) is 14.0. The van der Waals surface area contributed by atoms with Crippen molar-refractivity contribution in [3.8, 4) is 0 Å². The SMILES string of the molecule is Cc1ccc2nc(CCCl)n(Cc3ccc(F)cc3)c2n1. The number of fused-ring (bicyclic) bond motifs is 1. The van der Waals surface area contributed by atoms with E-state index in [1.54, 1.807) is 12.1 Å². The summed E-state index contributed by atoms with van der Waals surface area (Å²) in [4.78, 5) is 9.17. The molecule has 0 bridgehead atoms. The molecular formula is C16H15ClFN3. The Morgan fingerprint density at radius 3 is 2.57 bits per heavy atom. The molecular weight excluding hydrogens is 289 g/mol. The van der Waals surface area contributed by atoms with Gasteiger partial charge in [-0.15, -0.1) is 11.6 Å². The average molecular weight is 304 g/mol. The van der Waals surface area contributed by atoms with Crippen LogP contribution in [0, 0.1) is 12.7 Å². The molecule has 0 saturated heterocycles. The summed E-state index contributed by atoms with van der Waals surface area (Å²) >= 11 is 5.87. The molecule has 0 aliphatic rings. The van der Waals surface area contributed by atoms with Gasteiger partial charge in [0.15, 0.2) is 5.65 Å². The van der Waals surface area contributed by atoms with E-state index >= 15 is 0 Å². The highest BCUT2D eigenvalue weighted by atomic mass is 35.5. The second-order valence-electron chi connectivity index (χ2n) is 4.97. The van der Waals surface area contributed by atoms with Crippen molar-refractivity contribution >= 4 is 22.8 Å². The van der Waals surface area contributed by atoms with Gasteiger partial charge >= 0.3 is 0 Å². The van der Waals surface area contributed by atoms with Crippen LogP contribution in [0.5, 0.6) is 0 Å². The Kier molecular flexibility index (Phi) is 3.88. The molecule has 3 nitrogen and oxygen atoms in total. The van der Waals surface area contributed by atoms with Crippen molar-refractivity contribution in [3.63, 3.8) is 0 Å². The van der Waals surface area contributed by atoms with Gasteiger partial charge in [-0.2, -0.15) is 0 Å². The Labute approximate surface area is 127 Å². The molecule has 0 unspecified atom stereocenters. The fraction of sp³-hybridized carbons (Fsp3) is 0.250. The van der Waals surface area contributed by atoms with Crippen LogP contribution in [0.2, 0.25) is 0 Å². The minimum absolute atomic E-state index is 0.232. The maximum atomic E-state index is 13.0. The van der Waals surface area contributed by atoms with E-state index in [9.17, 15) is 4.39 Å². The quantitative estimate of drug-likeness (QED) is 0.688. The summed E-state index contributed by atoms with van der Waals surface area (Å²) in [5.74, 6) is 1.18. The molecule has 3 rings (SSSR count). The molecule has 0 aliphatic heterocycles. The van der Waals surface area contributed by atoms with Crippen molar-refractivity contribution in [2.75, 3.05) is 5.88 Å². The highest BCUT2D eigenvalue weighted by Crippen LogP contribution is 2.18. The summed E-state index contributed by atoms with van der Waals surface area (Å²) in [6, 6.07) is 10.4. The summed E-state index contributed by atoms with van der Waals surface area (Å²) in [6.07, 6.45) is 0.679. The molecule has 0 saturated carbocycles. The lowest BCUT2D eigenvalue weighted by Gasteiger charge is -2.08. The lowest BCUT2D eigenvalue weighted by atomic mass is 10.2. The van der Waals surface area contributed by atoms with Gasteiger partial charge in [0.05, 0.1) is 6.54 Å². The first-order valence-corrected chi connectivity index (χ1v) is 7.34. The monoisotopic (exact) mass is 303 g/mol. The van der Waals surface area contributed by atoms with Crippen LogP contribution in [0.15, 0.2) is 36.4 Å². The Balaban J connectivity index is 2.07. The van der Waals surface area contributed by atoms with Crippen molar-refractivity contribution in [2.24, 2.45) is 0 Å². The molecule has 0 spiro atoms.